The molecule has 4 nitrogen and oxygen atoms in total. The molecule has 2 aliphatic heterocycles. The van der Waals surface area contributed by atoms with Crippen molar-refractivity contribution in [1.29, 1.82) is 0 Å². The van der Waals surface area contributed by atoms with Crippen LogP contribution in [-0.4, -0.2) is 28.8 Å². The molecule has 0 amide bonds. The first kappa shape index (κ1) is 13.6. The van der Waals surface area contributed by atoms with Crippen LogP contribution in [0.1, 0.15) is 37.5 Å². The summed E-state index contributed by atoms with van der Waals surface area (Å²) in [4.78, 5) is 4.86. The van der Waals surface area contributed by atoms with Crippen molar-refractivity contribution >= 4 is 22.6 Å². The highest BCUT2D eigenvalue weighted by Crippen LogP contribution is 2.29. The van der Waals surface area contributed by atoms with E-state index in [-0.39, 0.29) is 0 Å². The van der Waals surface area contributed by atoms with Gasteiger partial charge in [-0.15, -0.1) is 0 Å². The van der Waals surface area contributed by atoms with E-state index >= 15 is 0 Å². The highest BCUT2D eigenvalue weighted by atomic mass is 35.5. The molecule has 112 valence electrons. The van der Waals surface area contributed by atoms with Gasteiger partial charge in [-0.25, -0.2) is 4.98 Å². The number of hydrogen-bond acceptors (Lipinski definition) is 3. The molecule has 0 aliphatic carbocycles. The van der Waals surface area contributed by atoms with Crippen LogP contribution in [0.4, 0.5) is 0 Å². The predicted molar refractivity (Wildman–Crippen MR) is 83.7 cm³/mol. The highest BCUT2D eigenvalue weighted by Gasteiger charge is 2.25. The molecule has 2 fully saturated rings. The molecule has 0 saturated carbocycles. The smallest absolute Gasteiger partial charge is 0.127 e. The predicted octanol–water partition coefficient (Wildman–Crippen LogP) is 3.29. The lowest BCUT2D eigenvalue weighted by atomic mass is 10.2. The minimum Gasteiger partial charge on any atom is -0.376 e. The number of imidazole rings is 1. The average molecular weight is 306 g/mol. The second kappa shape index (κ2) is 5.59. The minimum atomic E-state index is 0.318. The molecule has 2 aromatic rings. The lowest BCUT2D eigenvalue weighted by Gasteiger charge is -2.17. The van der Waals surface area contributed by atoms with Gasteiger partial charge >= 0.3 is 0 Å². The number of rotatable bonds is 3. The molecule has 2 aliphatic rings. The van der Waals surface area contributed by atoms with Crippen molar-refractivity contribution in [1.82, 2.24) is 14.9 Å². The number of ether oxygens (including phenoxy) is 1. The standard InChI is InChI=1S/C16H20ClN3O/c17-11-5-6-15-14(9-11)19-16(13-4-1-7-18-13)20(15)10-12-3-2-8-21-12/h5-6,9,12-13,18H,1-4,7-8,10H2. The zero-order valence-corrected chi connectivity index (χ0v) is 12.8. The molecular formula is C16H20ClN3O. The normalized spacial score (nSPS) is 26.0. The summed E-state index contributed by atoms with van der Waals surface area (Å²) >= 11 is 6.12. The van der Waals surface area contributed by atoms with Crippen LogP contribution >= 0.6 is 11.6 Å². The topological polar surface area (TPSA) is 39.1 Å². The molecule has 0 spiro atoms. The van der Waals surface area contributed by atoms with Gasteiger partial charge in [0.15, 0.2) is 0 Å². The Labute approximate surface area is 129 Å². The van der Waals surface area contributed by atoms with Gasteiger partial charge in [0.1, 0.15) is 5.82 Å². The van der Waals surface area contributed by atoms with E-state index in [1.54, 1.807) is 0 Å². The quantitative estimate of drug-likeness (QED) is 0.946. The van der Waals surface area contributed by atoms with Crippen molar-refractivity contribution in [3.05, 3.63) is 29.0 Å². The number of aromatic nitrogens is 2. The van der Waals surface area contributed by atoms with Gasteiger partial charge in [-0.1, -0.05) is 11.6 Å². The molecule has 2 atom stereocenters. The third-order valence-corrected chi connectivity index (χ3v) is 4.76. The van der Waals surface area contributed by atoms with Gasteiger partial charge in [-0.3, -0.25) is 0 Å². The number of fused-ring (bicyclic) bond motifs is 1. The van der Waals surface area contributed by atoms with Crippen LogP contribution in [0.2, 0.25) is 5.02 Å². The number of hydrogen-bond donors (Lipinski definition) is 1. The Morgan fingerprint density at radius 1 is 1.33 bits per heavy atom. The zero-order valence-electron chi connectivity index (χ0n) is 12.0. The SMILES string of the molecule is Clc1ccc2c(c1)nc(C1CCCN1)n2CC1CCCO1. The number of halogens is 1. The molecule has 1 N–H and O–H groups in total. The van der Waals surface area contributed by atoms with E-state index < -0.39 is 0 Å². The molecule has 1 aromatic heterocycles. The molecule has 0 radical (unpaired) electrons. The van der Waals surface area contributed by atoms with E-state index in [1.807, 2.05) is 12.1 Å². The Bertz CT molecular complexity index is 642. The summed E-state index contributed by atoms with van der Waals surface area (Å²) in [5.74, 6) is 1.14. The van der Waals surface area contributed by atoms with Crippen LogP contribution in [0.5, 0.6) is 0 Å². The van der Waals surface area contributed by atoms with Gasteiger partial charge in [-0.2, -0.15) is 0 Å². The molecule has 1 aromatic carbocycles. The maximum absolute atomic E-state index is 6.12. The van der Waals surface area contributed by atoms with E-state index in [2.05, 4.69) is 16.0 Å². The third-order valence-electron chi connectivity index (χ3n) is 4.52. The fourth-order valence-electron chi connectivity index (χ4n) is 3.48. The summed E-state index contributed by atoms with van der Waals surface area (Å²) in [6.07, 6.45) is 5.00. The second-order valence-electron chi connectivity index (χ2n) is 6.00. The van der Waals surface area contributed by atoms with Crippen molar-refractivity contribution < 1.29 is 4.74 Å². The van der Waals surface area contributed by atoms with Gasteiger partial charge in [0, 0.05) is 11.6 Å². The van der Waals surface area contributed by atoms with Crippen LogP contribution in [0.15, 0.2) is 18.2 Å². The number of nitrogens with one attached hydrogen (secondary N) is 1. The monoisotopic (exact) mass is 305 g/mol. The fourth-order valence-corrected chi connectivity index (χ4v) is 3.64. The molecule has 5 heteroatoms. The first-order valence-corrected chi connectivity index (χ1v) is 8.20. The van der Waals surface area contributed by atoms with Crippen LogP contribution in [0.3, 0.4) is 0 Å². The van der Waals surface area contributed by atoms with Crippen LogP contribution in [0, 0.1) is 0 Å². The lowest BCUT2D eigenvalue weighted by Crippen LogP contribution is -2.22. The van der Waals surface area contributed by atoms with E-state index in [1.165, 1.54) is 18.4 Å². The maximum atomic E-state index is 6.12. The van der Waals surface area contributed by atoms with Crippen molar-refractivity contribution in [2.45, 2.75) is 44.4 Å². The summed E-state index contributed by atoms with van der Waals surface area (Å²) in [5.41, 5.74) is 2.16. The molecule has 21 heavy (non-hydrogen) atoms. The van der Waals surface area contributed by atoms with Gasteiger partial charge in [0.05, 0.1) is 29.7 Å². The van der Waals surface area contributed by atoms with Crippen molar-refractivity contribution in [2.75, 3.05) is 13.2 Å². The molecule has 4 rings (SSSR count). The van der Waals surface area contributed by atoms with Crippen molar-refractivity contribution in [3.63, 3.8) is 0 Å². The van der Waals surface area contributed by atoms with Crippen LogP contribution in [-0.2, 0) is 11.3 Å². The van der Waals surface area contributed by atoms with Crippen molar-refractivity contribution in [3.8, 4) is 0 Å². The Balaban J connectivity index is 1.77. The Morgan fingerprint density at radius 3 is 3.05 bits per heavy atom. The molecular weight excluding hydrogens is 286 g/mol. The first-order valence-electron chi connectivity index (χ1n) is 7.82. The van der Waals surface area contributed by atoms with Crippen molar-refractivity contribution in [2.24, 2.45) is 0 Å². The largest absolute Gasteiger partial charge is 0.376 e. The van der Waals surface area contributed by atoms with E-state index in [4.69, 9.17) is 21.3 Å². The summed E-state index contributed by atoms with van der Waals surface area (Å²) in [5, 5.41) is 4.30. The zero-order chi connectivity index (χ0) is 14.2. The second-order valence-corrected chi connectivity index (χ2v) is 6.43. The maximum Gasteiger partial charge on any atom is 0.127 e. The first-order chi connectivity index (χ1) is 10.3. The Morgan fingerprint density at radius 2 is 2.29 bits per heavy atom. The summed E-state index contributed by atoms with van der Waals surface area (Å²) in [6, 6.07) is 6.35. The molecule has 2 saturated heterocycles. The van der Waals surface area contributed by atoms with Gasteiger partial charge < -0.3 is 14.6 Å². The third kappa shape index (κ3) is 2.56. The average Bonchev–Trinajstić information content (AvgIpc) is 3.19. The van der Waals surface area contributed by atoms with Crippen LogP contribution in [0.25, 0.3) is 11.0 Å². The highest BCUT2D eigenvalue weighted by molar-refractivity contribution is 6.31. The van der Waals surface area contributed by atoms with Gasteiger partial charge in [-0.05, 0) is 50.4 Å². The Hall–Kier alpha value is -1.10. The van der Waals surface area contributed by atoms with Gasteiger partial charge in [0.25, 0.3) is 0 Å². The van der Waals surface area contributed by atoms with Crippen LogP contribution < -0.4 is 5.32 Å². The summed E-state index contributed by atoms with van der Waals surface area (Å²) in [6.45, 7) is 2.86. The number of benzene rings is 1. The Kier molecular flexibility index (Phi) is 3.61. The van der Waals surface area contributed by atoms with Gasteiger partial charge in [0.2, 0.25) is 0 Å². The molecule has 2 unspecified atom stereocenters. The minimum absolute atomic E-state index is 0.318. The molecule has 0 bridgehead atoms. The fraction of sp³-hybridized carbons (Fsp3) is 0.562. The number of nitrogens with zero attached hydrogens (tertiary/aromatic N) is 2. The summed E-state index contributed by atoms with van der Waals surface area (Å²) in [7, 11) is 0. The van der Waals surface area contributed by atoms with E-state index in [0.29, 0.717) is 12.1 Å². The summed E-state index contributed by atoms with van der Waals surface area (Å²) < 4.78 is 8.16. The van der Waals surface area contributed by atoms with E-state index in [9.17, 15) is 0 Å². The van der Waals surface area contributed by atoms with E-state index in [0.717, 1.165) is 48.9 Å². The lowest BCUT2D eigenvalue weighted by molar-refractivity contribution is 0.0968. The molecule has 3 heterocycles.